The van der Waals surface area contributed by atoms with Gasteiger partial charge in [0.25, 0.3) is 0 Å². The molecule has 0 aliphatic heterocycles. The smallest absolute Gasteiger partial charge is 0.00683 e. The highest BCUT2D eigenvalue weighted by Gasteiger charge is 2.33. The molecule has 102 valence electrons. The molecule has 2 unspecified atom stereocenters. The minimum atomic E-state index is 0.839. The average molecular weight is 255 g/mol. The van der Waals surface area contributed by atoms with Crippen molar-refractivity contribution in [3.63, 3.8) is 0 Å². The first kappa shape index (κ1) is 12.0. The molecule has 3 aliphatic rings. The minimum Gasteiger partial charge on any atom is -0.314 e. The molecular formula is C18H25N. The predicted molar refractivity (Wildman–Crippen MR) is 79.5 cm³/mol. The Labute approximate surface area is 116 Å². The van der Waals surface area contributed by atoms with Gasteiger partial charge in [-0.05, 0) is 74.0 Å². The molecule has 0 aromatic heterocycles. The zero-order valence-electron chi connectivity index (χ0n) is 11.8. The summed E-state index contributed by atoms with van der Waals surface area (Å²) >= 11 is 0. The number of hydrogen-bond donors (Lipinski definition) is 1. The average Bonchev–Trinajstić information content (AvgIpc) is 3.10. The first-order valence-electron chi connectivity index (χ1n) is 8.23. The van der Waals surface area contributed by atoms with Crippen LogP contribution in [0.4, 0.5) is 0 Å². The number of nitrogens with one attached hydrogen (secondary N) is 1. The molecule has 3 saturated carbocycles. The van der Waals surface area contributed by atoms with Gasteiger partial charge in [-0.15, -0.1) is 0 Å². The van der Waals surface area contributed by atoms with Crippen molar-refractivity contribution in [1.82, 2.24) is 5.32 Å². The van der Waals surface area contributed by atoms with Gasteiger partial charge in [0.1, 0.15) is 0 Å². The van der Waals surface area contributed by atoms with Gasteiger partial charge in [0.2, 0.25) is 0 Å². The van der Waals surface area contributed by atoms with Crippen LogP contribution >= 0.6 is 0 Å². The molecule has 1 nitrogen and oxygen atoms in total. The van der Waals surface area contributed by atoms with Gasteiger partial charge in [0.15, 0.2) is 0 Å². The summed E-state index contributed by atoms with van der Waals surface area (Å²) < 4.78 is 0. The molecule has 3 aliphatic carbocycles. The second-order valence-electron chi connectivity index (χ2n) is 6.92. The SMILES string of the molecule is c1cc(C2CCC2)cc(C2CCC2CNC2CC2)c1. The monoisotopic (exact) mass is 255 g/mol. The summed E-state index contributed by atoms with van der Waals surface area (Å²) in [6, 6.07) is 10.4. The van der Waals surface area contributed by atoms with E-state index in [-0.39, 0.29) is 0 Å². The molecule has 4 rings (SSSR count). The van der Waals surface area contributed by atoms with E-state index in [0.29, 0.717) is 0 Å². The van der Waals surface area contributed by atoms with Crippen LogP contribution in [0.15, 0.2) is 24.3 Å². The van der Waals surface area contributed by atoms with Crippen molar-refractivity contribution < 1.29 is 0 Å². The van der Waals surface area contributed by atoms with Crippen LogP contribution in [-0.2, 0) is 0 Å². The summed E-state index contributed by atoms with van der Waals surface area (Å²) in [4.78, 5) is 0. The van der Waals surface area contributed by atoms with E-state index in [2.05, 4.69) is 29.6 Å². The Hall–Kier alpha value is -0.820. The highest BCUT2D eigenvalue weighted by atomic mass is 14.9. The molecule has 1 aromatic rings. The van der Waals surface area contributed by atoms with Gasteiger partial charge < -0.3 is 5.32 Å². The van der Waals surface area contributed by atoms with Crippen molar-refractivity contribution in [2.45, 2.75) is 62.8 Å². The van der Waals surface area contributed by atoms with Gasteiger partial charge in [-0.3, -0.25) is 0 Å². The van der Waals surface area contributed by atoms with Gasteiger partial charge in [-0.2, -0.15) is 0 Å². The summed E-state index contributed by atoms with van der Waals surface area (Å²) in [5.74, 6) is 2.62. The van der Waals surface area contributed by atoms with Crippen molar-refractivity contribution in [2.75, 3.05) is 6.54 Å². The van der Waals surface area contributed by atoms with E-state index >= 15 is 0 Å². The minimum absolute atomic E-state index is 0.839. The highest BCUT2D eigenvalue weighted by Crippen LogP contribution is 2.44. The van der Waals surface area contributed by atoms with Crippen LogP contribution in [0.3, 0.4) is 0 Å². The van der Waals surface area contributed by atoms with Crippen LogP contribution < -0.4 is 5.32 Å². The summed E-state index contributed by atoms with van der Waals surface area (Å²) in [7, 11) is 0. The van der Waals surface area contributed by atoms with E-state index in [4.69, 9.17) is 0 Å². The fraction of sp³-hybridized carbons (Fsp3) is 0.667. The lowest BCUT2D eigenvalue weighted by molar-refractivity contribution is 0.245. The quantitative estimate of drug-likeness (QED) is 0.831. The lowest BCUT2D eigenvalue weighted by Gasteiger charge is -2.38. The van der Waals surface area contributed by atoms with Gasteiger partial charge >= 0.3 is 0 Å². The Morgan fingerprint density at radius 1 is 0.947 bits per heavy atom. The van der Waals surface area contributed by atoms with Crippen LogP contribution in [0.2, 0.25) is 0 Å². The number of hydrogen-bond acceptors (Lipinski definition) is 1. The van der Waals surface area contributed by atoms with Crippen molar-refractivity contribution in [1.29, 1.82) is 0 Å². The molecular weight excluding hydrogens is 230 g/mol. The third-order valence-corrected chi connectivity index (χ3v) is 5.58. The van der Waals surface area contributed by atoms with Crippen molar-refractivity contribution in [2.24, 2.45) is 5.92 Å². The molecule has 0 bridgehead atoms. The second-order valence-corrected chi connectivity index (χ2v) is 6.92. The predicted octanol–water partition coefficient (Wildman–Crippen LogP) is 4.20. The number of benzene rings is 1. The van der Waals surface area contributed by atoms with Crippen LogP contribution in [0.25, 0.3) is 0 Å². The summed E-state index contributed by atoms with van der Waals surface area (Å²) in [5.41, 5.74) is 3.24. The van der Waals surface area contributed by atoms with E-state index in [1.54, 1.807) is 11.1 Å². The third kappa shape index (κ3) is 2.45. The highest BCUT2D eigenvalue weighted by molar-refractivity contribution is 5.31. The standard InChI is InChI=1S/C18H25N/c1-3-13(4-1)14-5-2-6-15(11-14)18-10-7-16(18)12-19-17-8-9-17/h2,5-6,11,13,16-19H,1,3-4,7-10,12H2. The largest absolute Gasteiger partial charge is 0.314 e. The molecule has 1 aromatic carbocycles. The Morgan fingerprint density at radius 2 is 1.79 bits per heavy atom. The molecule has 2 atom stereocenters. The molecule has 3 fully saturated rings. The van der Waals surface area contributed by atoms with Crippen LogP contribution in [-0.4, -0.2) is 12.6 Å². The molecule has 0 spiro atoms. The van der Waals surface area contributed by atoms with E-state index < -0.39 is 0 Å². The van der Waals surface area contributed by atoms with Crippen LogP contribution in [0.1, 0.15) is 67.9 Å². The Morgan fingerprint density at radius 3 is 2.42 bits per heavy atom. The zero-order valence-corrected chi connectivity index (χ0v) is 11.8. The zero-order chi connectivity index (χ0) is 12.7. The van der Waals surface area contributed by atoms with Gasteiger partial charge in [0, 0.05) is 6.04 Å². The Bertz CT molecular complexity index is 445. The molecule has 0 radical (unpaired) electrons. The Balaban J connectivity index is 1.42. The fourth-order valence-corrected chi connectivity index (χ4v) is 3.64. The van der Waals surface area contributed by atoms with E-state index in [1.165, 1.54) is 51.5 Å². The second kappa shape index (κ2) is 4.94. The van der Waals surface area contributed by atoms with Crippen molar-refractivity contribution in [3.8, 4) is 0 Å². The summed E-state index contributed by atoms with van der Waals surface area (Å²) in [5, 5.41) is 3.72. The Kier molecular flexibility index (Phi) is 3.11. The summed E-state index contributed by atoms with van der Waals surface area (Å²) in [6.45, 7) is 1.25. The lowest BCUT2D eigenvalue weighted by atomic mass is 9.69. The molecule has 0 heterocycles. The number of rotatable bonds is 5. The van der Waals surface area contributed by atoms with Crippen molar-refractivity contribution >= 4 is 0 Å². The molecule has 19 heavy (non-hydrogen) atoms. The van der Waals surface area contributed by atoms with Gasteiger partial charge in [0.05, 0.1) is 0 Å². The van der Waals surface area contributed by atoms with E-state index in [1.807, 2.05) is 0 Å². The first-order valence-corrected chi connectivity index (χ1v) is 8.23. The normalized spacial score (nSPS) is 30.7. The molecule has 1 N–H and O–H groups in total. The topological polar surface area (TPSA) is 12.0 Å². The maximum absolute atomic E-state index is 3.72. The van der Waals surface area contributed by atoms with Gasteiger partial charge in [-0.25, -0.2) is 0 Å². The maximum atomic E-state index is 3.72. The maximum Gasteiger partial charge on any atom is 0.00683 e. The van der Waals surface area contributed by atoms with Gasteiger partial charge in [-0.1, -0.05) is 30.7 Å². The molecule has 0 amide bonds. The van der Waals surface area contributed by atoms with Crippen LogP contribution in [0, 0.1) is 5.92 Å². The molecule has 1 heteroatoms. The summed E-state index contributed by atoms with van der Waals surface area (Å²) in [6.07, 6.45) is 9.93. The fourth-order valence-electron chi connectivity index (χ4n) is 3.64. The lowest BCUT2D eigenvalue weighted by Crippen LogP contribution is -2.34. The first-order chi connectivity index (χ1) is 9.40. The van der Waals surface area contributed by atoms with E-state index in [9.17, 15) is 0 Å². The molecule has 0 saturated heterocycles. The van der Waals surface area contributed by atoms with Crippen molar-refractivity contribution in [3.05, 3.63) is 35.4 Å². The van der Waals surface area contributed by atoms with E-state index in [0.717, 1.165) is 23.8 Å². The third-order valence-electron chi connectivity index (χ3n) is 5.58. The van der Waals surface area contributed by atoms with Crippen LogP contribution in [0.5, 0.6) is 0 Å².